The number of benzene rings is 2. The van der Waals surface area contributed by atoms with Crippen molar-refractivity contribution in [2.75, 3.05) is 5.32 Å². The molecular formula is C19H18ClN3O2S. The van der Waals surface area contributed by atoms with Crippen molar-refractivity contribution in [3.8, 4) is 0 Å². The Kier molecular flexibility index (Phi) is 5.34. The van der Waals surface area contributed by atoms with Crippen LogP contribution in [0.1, 0.15) is 12.5 Å². The predicted octanol–water partition coefficient (Wildman–Crippen LogP) is 4.01. The molecule has 2 aromatic carbocycles. The van der Waals surface area contributed by atoms with Crippen molar-refractivity contribution >= 4 is 45.9 Å². The molecule has 0 aliphatic rings. The minimum absolute atomic E-state index is 0.128. The van der Waals surface area contributed by atoms with E-state index >= 15 is 0 Å². The molecule has 5 nitrogen and oxygen atoms in total. The first kappa shape index (κ1) is 18.5. The van der Waals surface area contributed by atoms with E-state index in [1.54, 1.807) is 38.2 Å². The molecule has 1 atom stereocenters. The number of anilines is 1. The van der Waals surface area contributed by atoms with Gasteiger partial charge in [-0.25, -0.2) is 4.98 Å². The molecule has 0 spiro atoms. The van der Waals surface area contributed by atoms with E-state index in [0.717, 1.165) is 5.56 Å². The van der Waals surface area contributed by atoms with Crippen molar-refractivity contribution in [3.63, 3.8) is 0 Å². The first-order valence-corrected chi connectivity index (χ1v) is 9.32. The lowest BCUT2D eigenvalue weighted by Crippen LogP contribution is -2.25. The molecule has 1 heterocycles. The maximum Gasteiger partial charge on any atom is 0.261 e. The number of para-hydroxylation sites is 1. The summed E-state index contributed by atoms with van der Waals surface area (Å²) in [5.41, 5.74) is 2.10. The van der Waals surface area contributed by atoms with Gasteiger partial charge in [-0.1, -0.05) is 41.6 Å². The Balaban J connectivity index is 1.83. The maximum absolute atomic E-state index is 12.5. The predicted molar refractivity (Wildman–Crippen MR) is 107 cm³/mol. The average molecular weight is 388 g/mol. The van der Waals surface area contributed by atoms with Crippen molar-refractivity contribution < 1.29 is 4.79 Å². The topological polar surface area (TPSA) is 64.0 Å². The monoisotopic (exact) mass is 387 g/mol. The van der Waals surface area contributed by atoms with Crippen molar-refractivity contribution in [1.29, 1.82) is 0 Å². The maximum atomic E-state index is 12.5. The van der Waals surface area contributed by atoms with Crippen LogP contribution in [0, 0.1) is 6.92 Å². The van der Waals surface area contributed by atoms with Gasteiger partial charge in [0.1, 0.15) is 0 Å². The molecule has 0 bridgehead atoms. The summed E-state index contributed by atoms with van der Waals surface area (Å²) < 4.78 is 1.47. The van der Waals surface area contributed by atoms with Crippen LogP contribution in [0.5, 0.6) is 0 Å². The largest absolute Gasteiger partial charge is 0.325 e. The number of fused-ring (bicyclic) bond motifs is 1. The number of rotatable bonds is 4. The smallest absolute Gasteiger partial charge is 0.261 e. The summed E-state index contributed by atoms with van der Waals surface area (Å²) in [4.78, 5) is 29.5. The zero-order chi connectivity index (χ0) is 18.8. The summed E-state index contributed by atoms with van der Waals surface area (Å²) in [6, 6.07) is 12.5. The second-order valence-electron chi connectivity index (χ2n) is 5.98. The highest BCUT2D eigenvalue weighted by Crippen LogP contribution is 2.25. The van der Waals surface area contributed by atoms with Crippen LogP contribution in [-0.2, 0) is 11.8 Å². The lowest BCUT2D eigenvalue weighted by Gasteiger charge is -2.15. The van der Waals surface area contributed by atoms with E-state index in [0.29, 0.717) is 26.8 Å². The van der Waals surface area contributed by atoms with E-state index < -0.39 is 5.25 Å². The zero-order valence-electron chi connectivity index (χ0n) is 14.6. The van der Waals surface area contributed by atoms with E-state index in [4.69, 9.17) is 11.6 Å². The van der Waals surface area contributed by atoms with Gasteiger partial charge in [-0.2, -0.15) is 0 Å². The first-order valence-electron chi connectivity index (χ1n) is 8.06. The molecule has 0 aliphatic carbocycles. The third kappa shape index (κ3) is 3.76. The fourth-order valence-electron chi connectivity index (χ4n) is 2.48. The fraction of sp³-hybridized carbons (Fsp3) is 0.211. The summed E-state index contributed by atoms with van der Waals surface area (Å²) in [5, 5.41) is 4.07. The van der Waals surface area contributed by atoms with E-state index in [2.05, 4.69) is 10.3 Å². The number of aromatic nitrogens is 2. The van der Waals surface area contributed by atoms with Gasteiger partial charge in [0.05, 0.1) is 16.2 Å². The Hall–Kier alpha value is -2.31. The van der Waals surface area contributed by atoms with Crippen molar-refractivity contribution in [3.05, 3.63) is 63.4 Å². The van der Waals surface area contributed by atoms with Gasteiger partial charge in [0.2, 0.25) is 5.91 Å². The van der Waals surface area contributed by atoms with Crippen LogP contribution in [0.2, 0.25) is 5.02 Å². The minimum Gasteiger partial charge on any atom is -0.325 e. The second kappa shape index (κ2) is 7.51. The van der Waals surface area contributed by atoms with Gasteiger partial charge < -0.3 is 5.32 Å². The number of hydrogen-bond donors (Lipinski definition) is 1. The van der Waals surface area contributed by atoms with Crippen molar-refractivity contribution in [1.82, 2.24) is 9.55 Å². The Morgan fingerprint density at radius 3 is 2.77 bits per heavy atom. The molecule has 0 fully saturated rings. The number of halogens is 1. The van der Waals surface area contributed by atoms with Crippen LogP contribution in [-0.4, -0.2) is 20.7 Å². The van der Waals surface area contributed by atoms with Gasteiger partial charge in [-0.3, -0.25) is 14.2 Å². The molecule has 1 unspecified atom stereocenters. The molecule has 0 saturated heterocycles. The molecule has 0 radical (unpaired) electrons. The highest BCUT2D eigenvalue weighted by Gasteiger charge is 2.19. The molecule has 134 valence electrons. The fourth-order valence-corrected chi connectivity index (χ4v) is 3.52. The van der Waals surface area contributed by atoms with Crippen LogP contribution < -0.4 is 10.9 Å². The van der Waals surface area contributed by atoms with Crippen molar-refractivity contribution in [2.24, 2.45) is 7.05 Å². The molecule has 0 aliphatic heterocycles. The molecular weight excluding hydrogens is 370 g/mol. The van der Waals surface area contributed by atoms with Crippen LogP contribution in [0.4, 0.5) is 5.69 Å². The third-order valence-electron chi connectivity index (χ3n) is 4.05. The highest BCUT2D eigenvalue weighted by atomic mass is 35.5. The normalized spacial score (nSPS) is 12.2. The van der Waals surface area contributed by atoms with Gasteiger partial charge in [0.15, 0.2) is 5.16 Å². The first-order chi connectivity index (χ1) is 12.4. The zero-order valence-corrected chi connectivity index (χ0v) is 16.2. The van der Waals surface area contributed by atoms with E-state index in [-0.39, 0.29) is 11.5 Å². The molecule has 26 heavy (non-hydrogen) atoms. The molecule has 1 aromatic heterocycles. The number of carbonyl (C=O) groups is 1. The van der Waals surface area contributed by atoms with E-state index in [9.17, 15) is 9.59 Å². The third-order valence-corrected chi connectivity index (χ3v) is 5.43. The number of thioether (sulfide) groups is 1. The lowest BCUT2D eigenvalue weighted by atomic mass is 10.2. The van der Waals surface area contributed by atoms with Gasteiger partial charge in [-0.15, -0.1) is 0 Å². The molecule has 3 rings (SSSR count). The van der Waals surface area contributed by atoms with Gasteiger partial charge in [-0.05, 0) is 43.7 Å². The number of nitrogens with one attached hydrogen (secondary N) is 1. The Bertz CT molecular complexity index is 1050. The van der Waals surface area contributed by atoms with Gasteiger partial charge in [0, 0.05) is 17.8 Å². The van der Waals surface area contributed by atoms with Crippen LogP contribution in [0.25, 0.3) is 10.9 Å². The summed E-state index contributed by atoms with van der Waals surface area (Å²) in [6.45, 7) is 3.68. The summed E-state index contributed by atoms with van der Waals surface area (Å²) in [6.07, 6.45) is 0. The number of nitrogens with zero attached hydrogens (tertiary/aromatic N) is 2. The number of aryl methyl sites for hydroxylation is 1. The highest BCUT2D eigenvalue weighted by molar-refractivity contribution is 8.00. The summed E-state index contributed by atoms with van der Waals surface area (Å²) >= 11 is 7.24. The Morgan fingerprint density at radius 2 is 2.00 bits per heavy atom. The second-order valence-corrected chi connectivity index (χ2v) is 7.73. The van der Waals surface area contributed by atoms with Gasteiger partial charge in [0.25, 0.3) is 5.56 Å². The number of carbonyl (C=O) groups excluding carboxylic acids is 1. The summed E-state index contributed by atoms with van der Waals surface area (Å²) in [7, 11) is 1.66. The number of amides is 1. The van der Waals surface area contributed by atoms with Crippen molar-refractivity contribution in [2.45, 2.75) is 24.3 Å². The average Bonchev–Trinajstić information content (AvgIpc) is 2.62. The standard InChI is InChI=1S/C19H18ClN3O2S/c1-11-8-9-13(20)10-16(11)21-17(24)12(2)26-19-22-15-7-5-4-6-14(15)18(25)23(19)3/h4-10,12H,1-3H3,(H,21,24). The quantitative estimate of drug-likeness (QED) is 0.542. The molecule has 7 heteroatoms. The van der Waals surface area contributed by atoms with Crippen LogP contribution >= 0.6 is 23.4 Å². The van der Waals surface area contributed by atoms with E-state index in [1.165, 1.54) is 16.3 Å². The Morgan fingerprint density at radius 1 is 1.27 bits per heavy atom. The number of hydrogen-bond acceptors (Lipinski definition) is 4. The molecule has 3 aromatic rings. The SMILES string of the molecule is Cc1ccc(Cl)cc1NC(=O)C(C)Sc1nc2ccccc2c(=O)n1C. The summed E-state index contributed by atoms with van der Waals surface area (Å²) in [5.74, 6) is -0.178. The van der Waals surface area contributed by atoms with Crippen LogP contribution in [0.3, 0.4) is 0 Å². The molecule has 0 saturated carbocycles. The van der Waals surface area contributed by atoms with Crippen LogP contribution in [0.15, 0.2) is 52.4 Å². The van der Waals surface area contributed by atoms with E-state index in [1.807, 2.05) is 25.1 Å². The minimum atomic E-state index is -0.437. The molecule has 1 N–H and O–H groups in total. The Labute approximate surface area is 160 Å². The van der Waals surface area contributed by atoms with Gasteiger partial charge >= 0.3 is 0 Å². The lowest BCUT2D eigenvalue weighted by molar-refractivity contribution is -0.115. The molecule has 1 amide bonds.